The van der Waals surface area contributed by atoms with Gasteiger partial charge in [-0.3, -0.25) is 4.79 Å². The lowest BCUT2D eigenvalue weighted by Crippen LogP contribution is -3.14. The molecule has 0 bridgehead atoms. The molecule has 1 aliphatic heterocycles. The van der Waals surface area contributed by atoms with Gasteiger partial charge in [0.15, 0.2) is 5.11 Å². The van der Waals surface area contributed by atoms with Crippen LogP contribution in [0.3, 0.4) is 0 Å². The second-order valence-corrected chi connectivity index (χ2v) is 8.34. The molecule has 29 heavy (non-hydrogen) atoms. The highest BCUT2D eigenvalue weighted by atomic mass is 32.1. The molecule has 158 valence electrons. The monoisotopic (exact) mass is 417 g/mol. The average molecular weight is 418 g/mol. The van der Waals surface area contributed by atoms with Gasteiger partial charge in [0.2, 0.25) is 0 Å². The third kappa shape index (κ3) is 5.78. The molecule has 3 N–H and O–H groups in total. The lowest BCUT2D eigenvalue weighted by Gasteiger charge is -2.30. The van der Waals surface area contributed by atoms with Crippen LogP contribution in [0.25, 0.3) is 10.9 Å². The van der Waals surface area contributed by atoms with E-state index in [1.165, 1.54) is 4.90 Å². The minimum absolute atomic E-state index is 0.0399. The number of thiocarbonyl (C=S) groups is 1. The lowest BCUT2D eigenvalue weighted by atomic mass is 10.1. The van der Waals surface area contributed by atoms with Gasteiger partial charge < -0.3 is 24.8 Å². The molecule has 1 aromatic carbocycles. The van der Waals surface area contributed by atoms with Gasteiger partial charge in [-0.25, -0.2) is 0 Å². The van der Waals surface area contributed by atoms with E-state index in [1.54, 1.807) is 0 Å². The Kier molecular flexibility index (Phi) is 7.64. The number of nitrogens with one attached hydrogen (secondary N) is 3. The molecule has 0 amide bonds. The molecule has 6 nitrogen and oxygen atoms in total. The number of pyridine rings is 1. The number of aryl methyl sites for hydroxylation is 1. The van der Waals surface area contributed by atoms with Crippen LogP contribution < -0.4 is 15.8 Å². The summed E-state index contributed by atoms with van der Waals surface area (Å²) in [6.45, 7) is 12.3. The van der Waals surface area contributed by atoms with Crippen LogP contribution in [-0.4, -0.2) is 60.4 Å². The van der Waals surface area contributed by atoms with Gasteiger partial charge in [-0.05, 0) is 49.5 Å². The van der Waals surface area contributed by atoms with Crippen LogP contribution in [0, 0.1) is 6.92 Å². The predicted octanol–water partition coefficient (Wildman–Crippen LogP) is 1.23. The molecule has 0 unspecified atom stereocenters. The van der Waals surface area contributed by atoms with Crippen LogP contribution in [0.2, 0.25) is 0 Å². The number of quaternary nitrogens is 1. The van der Waals surface area contributed by atoms with Crippen molar-refractivity contribution in [3.63, 3.8) is 0 Å². The van der Waals surface area contributed by atoms with Gasteiger partial charge in [-0.1, -0.05) is 25.1 Å². The number of aromatic nitrogens is 1. The SMILES string of the molecule is CC[C@@H](C)NC(=S)N(CC[NH+]1CCOCC1)Cc1cc2cccc(C)c2[nH]c1=O. The fourth-order valence-electron chi connectivity index (χ4n) is 3.61. The quantitative estimate of drug-likeness (QED) is 0.592. The number of para-hydroxylation sites is 1. The van der Waals surface area contributed by atoms with Gasteiger partial charge in [0.1, 0.15) is 13.1 Å². The number of hydrogen-bond acceptors (Lipinski definition) is 3. The second kappa shape index (κ2) is 10.2. The Balaban J connectivity index is 1.79. The number of nitrogens with zero attached hydrogens (tertiary/aromatic N) is 1. The normalized spacial score (nSPS) is 16.0. The van der Waals surface area contributed by atoms with Crippen molar-refractivity contribution in [2.45, 2.75) is 39.8 Å². The average Bonchev–Trinajstić information content (AvgIpc) is 2.72. The van der Waals surface area contributed by atoms with E-state index in [0.717, 1.165) is 73.0 Å². The van der Waals surface area contributed by atoms with Crippen LogP contribution in [0.1, 0.15) is 31.4 Å². The second-order valence-electron chi connectivity index (χ2n) is 7.96. The van der Waals surface area contributed by atoms with E-state index in [2.05, 4.69) is 29.0 Å². The minimum atomic E-state index is -0.0399. The van der Waals surface area contributed by atoms with Gasteiger partial charge in [0.05, 0.1) is 38.4 Å². The van der Waals surface area contributed by atoms with Crippen molar-refractivity contribution in [1.29, 1.82) is 0 Å². The molecule has 1 saturated heterocycles. The molecule has 1 atom stereocenters. The summed E-state index contributed by atoms with van der Waals surface area (Å²) in [7, 11) is 0. The van der Waals surface area contributed by atoms with Crippen LogP contribution >= 0.6 is 12.2 Å². The number of fused-ring (bicyclic) bond motifs is 1. The van der Waals surface area contributed by atoms with Gasteiger partial charge in [-0.2, -0.15) is 0 Å². The third-order valence-corrected chi connectivity index (χ3v) is 6.11. The fourth-order valence-corrected chi connectivity index (χ4v) is 3.97. The Morgan fingerprint density at radius 1 is 1.38 bits per heavy atom. The van der Waals surface area contributed by atoms with Crippen molar-refractivity contribution in [3.05, 3.63) is 45.7 Å². The van der Waals surface area contributed by atoms with E-state index in [-0.39, 0.29) is 5.56 Å². The fraction of sp³-hybridized carbons (Fsp3) is 0.545. The van der Waals surface area contributed by atoms with Crippen LogP contribution in [0.4, 0.5) is 0 Å². The Hall–Kier alpha value is -1.96. The highest BCUT2D eigenvalue weighted by molar-refractivity contribution is 7.80. The third-order valence-electron chi connectivity index (χ3n) is 5.73. The summed E-state index contributed by atoms with van der Waals surface area (Å²) in [4.78, 5) is 19.5. The van der Waals surface area contributed by atoms with Crippen molar-refractivity contribution in [1.82, 2.24) is 15.2 Å². The standard InChI is InChI=1S/C22H32N4O2S/c1-4-17(3)23-22(29)26(9-8-25-10-12-28-13-11-25)15-19-14-18-7-5-6-16(2)20(18)24-21(19)27/h5-7,14,17H,4,8-13,15H2,1-3H3,(H,23,29)(H,24,27)/p+1/t17-/m1/s1. The van der Waals surface area contributed by atoms with Crippen LogP contribution in [-0.2, 0) is 11.3 Å². The molecule has 1 aliphatic rings. The van der Waals surface area contributed by atoms with Crippen molar-refractivity contribution in [3.8, 4) is 0 Å². The minimum Gasteiger partial charge on any atom is -0.370 e. The highest BCUT2D eigenvalue weighted by Crippen LogP contribution is 2.15. The summed E-state index contributed by atoms with van der Waals surface area (Å²) < 4.78 is 5.47. The summed E-state index contributed by atoms with van der Waals surface area (Å²) in [6, 6.07) is 8.38. The number of hydrogen-bond donors (Lipinski definition) is 3. The first kappa shape index (κ1) is 21.7. The van der Waals surface area contributed by atoms with Crippen molar-refractivity contribution < 1.29 is 9.64 Å². The van der Waals surface area contributed by atoms with E-state index in [1.807, 2.05) is 31.2 Å². The molecular formula is C22H33N4O2S+. The summed E-state index contributed by atoms with van der Waals surface area (Å²) in [6.07, 6.45) is 0.999. The molecule has 7 heteroatoms. The zero-order valence-corrected chi connectivity index (χ0v) is 18.5. The van der Waals surface area contributed by atoms with Gasteiger partial charge in [-0.15, -0.1) is 0 Å². The van der Waals surface area contributed by atoms with Gasteiger partial charge in [0.25, 0.3) is 5.56 Å². The Morgan fingerprint density at radius 2 is 2.14 bits per heavy atom. The van der Waals surface area contributed by atoms with Crippen molar-refractivity contribution in [2.75, 3.05) is 39.4 Å². The summed E-state index contributed by atoms with van der Waals surface area (Å²) >= 11 is 5.71. The zero-order valence-electron chi connectivity index (χ0n) is 17.7. The molecule has 0 saturated carbocycles. The molecule has 1 fully saturated rings. The first-order valence-electron chi connectivity index (χ1n) is 10.6. The number of rotatable bonds is 7. The summed E-state index contributed by atoms with van der Waals surface area (Å²) in [5.41, 5.74) is 2.69. The Labute approximate surface area is 178 Å². The molecule has 3 rings (SSSR count). The molecule has 2 heterocycles. The summed E-state index contributed by atoms with van der Waals surface area (Å²) in [5, 5.41) is 5.19. The number of ether oxygens (including phenoxy) is 1. The molecule has 0 radical (unpaired) electrons. The number of morpholine rings is 1. The molecule has 0 aliphatic carbocycles. The van der Waals surface area contributed by atoms with E-state index in [0.29, 0.717) is 12.6 Å². The van der Waals surface area contributed by atoms with E-state index >= 15 is 0 Å². The van der Waals surface area contributed by atoms with Gasteiger partial charge >= 0.3 is 0 Å². The van der Waals surface area contributed by atoms with E-state index in [4.69, 9.17) is 17.0 Å². The largest absolute Gasteiger partial charge is 0.370 e. The molecule has 1 aromatic heterocycles. The Morgan fingerprint density at radius 3 is 2.86 bits per heavy atom. The maximum absolute atomic E-state index is 12.8. The molecule has 0 spiro atoms. The summed E-state index contributed by atoms with van der Waals surface area (Å²) in [5.74, 6) is 0. The van der Waals surface area contributed by atoms with E-state index < -0.39 is 0 Å². The molecule has 2 aromatic rings. The van der Waals surface area contributed by atoms with Crippen LogP contribution in [0.5, 0.6) is 0 Å². The topological polar surface area (TPSA) is 61.8 Å². The van der Waals surface area contributed by atoms with Gasteiger partial charge in [0, 0.05) is 11.6 Å². The Bertz CT molecular complexity index is 892. The van der Waals surface area contributed by atoms with Crippen molar-refractivity contribution >= 4 is 28.2 Å². The zero-order chi connectivity index (χ0) is 20.8. The maximum atomic E-state index is 12.8. The van der Waals surface area contributed by atoms with E-state index in [9.17, 15) is 4.79 Å². The maximum Gasteiger partial charge on any atom is 0.253 e. The highest BCUT2D eigenvalue weighted by Gasteiger charge is 2.19. The number of benzene rings is 1. The van der Waals surface area contributed by atoms with Crippen molar-refractivity contribution in [2.24, 2.45) is 0 Å². The number of aromatic amines is 1. The first-order chi connectivity index (χ1) is 14.0. The predicted molar refractivity (Wildman–Crippen MR) is 122 cm³/mol. The smallest absolute Gasteiger partial charge is 0.253 e. The van der Waals surface area contributed by atoms with Crippen LogP contribution in [0.15, 0.2) is 29.1 Å². The molecular weight excluding hydrogens is 384 g/mol. The number of H-pyrrole nitrogens is 1. The lowest BCUT2D eigenvalue weighted by molar-refractivity contribution is -0.907. The first-order valence-corrected chi connectivity index (χ1v) is 11.0.